The summed E-state index contributed by atoms with van der Waals surface area (Å²) in [6.07, 6.45) is 0.601. The fraction of sp³-hybridized carbons (Fsp3) is 0.353. The molecule has 0 bridgehead atoms. The maximum Gasteiger partial charge on any atom is 0.451 e. The topological polar surface area (TPSA) is 171 Å². The number of hydrogen-bond donors (Lipinski definition) is 2. The molecule has 50 heavy (non-hydrogen) atoms. The highest BCUT2D eigenvalue weighted by molar-refractivity contribution is 6.05. The van der Waals surface area contributed by atoms with Gasteiger partial charge in [0.2, 0.25) is 5.82 Å². The number of H-pyrrole nitrogens is 1. The minimum atomic E-state index is -4.58. The van der Waals surface area contributed by atoms with Gasteiger partial charge in [-0.3, -0.25) is 9.59 Å². The van der Waals surface area contributed by atoms with E-state index in [4.69, 9.17) is 29.1 Å². The van der Waals surface area contributed by atoms with Crippen LogP contribution < -0.4 is 15.4 Å². The van der Waals surface area contributed by atoms with Crippen molar-refractivity contribution in [3.8, 4) is 17.2 Å². The summed E-state index contributed by atoms with van der Waals surface area (Å²) >= 11 is 0. The number of pyridine rings is 2. The smallest absolute Gasteiger partial charge is 0.451 e. The lowest BCUT2D eigenvalue weighted by Gasteiger charge is -2.53. The first-order chi connectivity index (χ1) is 24.1. The molecule has 8 rings (SSSR count). The molecule has 1 atom stereocenters. The molecule has 0 saturated carbocycles. The van der Waals surface area contributed by atoms with Gasteiger partial charge in [-0.2, -0.15) is 18.4 Å². The predicted octanol–water partition coefficient (Wildman–Crippen LogP) is 5.00. The first kappa shape index (κ1) is 34.3. The Morgan fingerprint density at radius 2 is 1.84 bits per heavy atom. The number of aromatic nitrogens is 4. The van der Waals surface area contributed by atoms with Gasteiger partial charge in [-0.25, -0.2) is 15.0 Å². The Kier molecular flexibility index (Phi) is 9.71. The van der Waals surface area contributed by atoms with Crippen molar-refractivity contribution >= 4 is 40.0 Å². The molecule has 13 nitrogen and oxygen atoms in total. The fourth-order valence-corrected chi connectivity index (χ4v) is 6.23. The predicted molar refractivity (Wildman–Crippen MR) is 176 cm³/mol. The number of hydrogen-bond acceptors (Lipinski definition) is 11. The molecule has 2 N–H and O–H groups in total. The molecule has 0 amide bonds. The van der Waals surface area contributed by atoms with Gasteiger partial charge in [0.1, 0.15) is 34.2 Å². The standard InChI is InChI=1S/C18H18N4O3.C15H12F3N3O.CH2O2/c1-12-18(10-24-11-18)25-5-4-22(12)16-6-14(9-21-17(16)23)13-2-3-15(7-19)20-8-13;16-15(17,18)14-19-11-9-5-1-2-6-10(9)22-12(11)13(20-14)21-7-3-4-8-21;2-1-3/h2-3,6,8-9,12H,4-5,10-11H2,1H3,(H,21,23);1-2,5-6H,3-4,7-8H2;1H,(H,2,3). The van der Waals surface area contributed by atoms with E-state index in [-0.39, 0.29) is 35.0 Å². The van der Waals surface area contributed by atoms with E-state index in [2.05, 4.69) is 31.8 Å². The zero-order chi connectivity index (χ0) is 35.5. The van der Waals surface area contributed by atoms with Gasteiger partial charge in [0, 0.05) is 48.5 Å². The lowest BCUT2D eigenvalue weighted by atomic mass is 9.90. The quantitative estimate of drug-likeness (QED) is 0.243. The summed E-state index contributed by atoms with van der Waals surface area (Å²) in [6, 6.07) is 14.4. The van der Waals surface area contributed by atoms with E-state index in [9.17, 15) is 18.0 Å². The number of morpholine rings is 1. The summed E-state index contributed by atoms with van der Waals surface area (Å²) in [5.74, 6) is -0.875. The van der Waals surface area contributed by atoms with E-state index in [0.717, 1.165) is 24.0 Å². The number of furan rings is 1. The van der Waals surface area contributed by atoms with Crippen molar-refractivity contribution in [2.24, 2.45) is 0 Å². The van der Waals surface area contributed by atoms with Gasteiger partial charge in [0.15, 0.2) is 11.4 Å². The number of nitrogens with one attached hydrogen (secondary N) is 1. The second-order valence-electron chi connectivity index (χ2n) is 11.9. The van der Waals surface area contributed by atoms with Crippen molar-refractivity contribution in [3.05, 3.63) is 76.7 Å². The molecule has 3 saturated heterocycles. The van der Waals surface area contributed by atoms with Gasteiger partial charge in [-0.05, 0) is 50.1 Å². The van der Waals surface area contributed by atoms with Gasteiger partial charge in [0.25, 0.3) is 12.0 Å². The number of alkyl halides is 3. The SMILES string of the molecule is CC1N(c2cc(-c3ccc(C#N)nc3)c[nH]c2=O)CCOC12COC2.FC(F)(F)c1nc(N2CCCC2)c2oc3ccccc3c2n1.O=CO. The molecule has 16 heteroatoms. The summed E-state index contributed by atoms with van der Waals surface area (Å²) in [4.78, 5) is 39.1. The van der Waals surface area contributed by atoms with E-state index < -0.39 is 12.0 Å². The summed E-state index contributed by atoms with van der Waals surface area (Å²) in [7, 11) is 0. The van der Waals surface area contributed by atoms with Crippen LogP contribution in [0.1, 0.15) is 31.3 Å². The van der Waals surface area contributed by atoms with Crippen LogP contribution in [0.15, 0.2) is 64.1 Å². The molecule has 0 radical (unpaired) electrons. The third kappa shape index (κ3) is 6.69. The molecule has 3 aliphatic rings. The number of benzene rings is 1. The molecule has 3 fully saturated rings. The second-order valence-corrected chi connectivity index (χ2v) is 11.9. The van der Waals surface area contributed by atoms with Crippen molar-refractivity contribution < 1.29 is 37.0 Å². The number of aromatic amines is 1. The number of halogens is 3. The Balaban J connectivity index is 0.000000161. The van der Waals surface area contributed by atoms with Crippen LogP contribution in [0.4, 0.5) is 24.7 Å². The Bertz CT molecular complexity index is 2080. The van der Waals surface area contributed by atoms with Crippen LogP contribution in [0.2, 0.25) is 0 Å². The number of fused-ring (bicyclic) bond motifs is 3. The Morgan fingerprint density at radius 1 is 1.10 bits per heavy atom. The number of carbonyl (C=O) groups is 1. The summed E-state index contributed by atoms with van der Waals surface area (Å²) in [6.45, 7) is 5.51. The Hall–Kier alpha value is -5.53. The number of rotatable bonds is 3. The van der Waals surface area contributed by atoms with Gasteiger partial charge in [-0.1, -0.05) is 12.1 Å². The molecule has 1 aromatic carbocycles. The molecule has 5 aromatic rings. The normalized spacial score (nSPS) is 18.1. The van der Waals surface area contributed by atoms with E-state index in [1.807, 2.05) is 23.1 Å². The third-order valence-electron chi connectivity index (χ3n) is 8.91. The van der Waals surface area contributed by atoms with E-state index >= 15 is 0 Å². The number of anilines is 2. The van der Waals surface area contributed by atoms with Crippen LogP contribution in [-0.4, -0.2) is 82.6 Å². The molecule has 0 aliphatic carbocycles. The molecule has 1 spiro atoms. The van der Waals surface area contributed by atoms with E-state index in [1.165, 1.54) is 0 Å². The first-order valence-corrected chi connectivity index (χ1v) is 15.8. The molecule has 260 valence electrons. The minimum absolute atomic E-state index is 0.0467. The van der Waals surface area contributed by atoms with Crippen LogP contribution in [0.3, 0.4) is 0 Å². The zero-order valence-electron chi connectivity index (χ0n) is 26.8. The van der Waals surface area contributed by atoms with Crippen LogP contribution in [0.25, 0.3) is 33.2 Å². The summed E-state index contributed by atoms with van der Waals surface area (Å²) in [5.41, 5.74) is 3.29. The molecule has 3 aliphatic heterocycles. The van der Waals surface area contributed by atoms with Crippen molar-refractivity contribution in [1.29, 1.82) is 5.26 Å². The van der Waals surface area contributed by atoms with Crippen LogP contribution in [-0.2, 0) is 20.4 Å². The lowest BCUT2D eigenvalue weighted by molar-refractivity contribution is -0.228. The second kappa shape index (κ2) is 14.1. The average Bonchev–Trinajstić information content (AvgIpc) is 3.77. The number of ether oxygens (including phenoxy) is 2. The summed E-state index contributed by atoms with van der Waals surface area (Å²) in [5, 5.41) is 16.3. The Morgan fingerprint density at radius 3 is 2.48 bits per heavy atom. The van der Waals surface area contributed by atoms with Crippen molar-refractivity contribution in [1.82, 2.24) is 19.9 Å². The minimum Gasteiger partial charge on any atom is -0.483 e. The van der Waals surface area contributed by atoms with Gasteiger partial charge in [0.05, 0.1) is 25.9 Å². The highest BCUT2D eigenvalue weighted by Gasteiger charge is 2.50. The molecule has 7 heterocycles. The van der Waals surface area contributed by atoms with E-state index in [1.54, 1.807) is 42.7 Å². The highest BCUT2D eigenvalue weighted by atomic mass is 19.4. The first-order valence-electron chi connectivity index (χ1n) is 15.8. The number of para-hydroxylation sites is 1. The van der Waals surface area contributed by atoms with Gasteiger partial charge in [-0.15, -0.1) is 0 Å². The highest BCUT2D eigenvalue weighted by Crippen LogP contribution is 2.38. The van der Waals surface area contributed by atoms with Crippen molar-refractivity contribution in [3.63, 3.8) is 0 Å². The third-order valence-corrected chi connectivity index (χ3v) is 8.91. The van der Waals surface area contributed by atoms with Crippen LogP contribution in [0.5, 0.6) is 0 Å². The monoisotopic (exact) mass is 691 g/mol. The van der Waals surface area contributed by atoms with Crippen LogP contribution >= 0.6 is 0 Å². The maximum absolute atomic E-state index is 13.1. The van der Waals surface area contributed by atoms with Crippen molar-refractivity contribution in [2.75, 3.05) is 49.3 Å². The fourth-order valence-electron chi connectivity index (χ4n) is 6.23. The van der Waals surface area contributed by atoms with Crippen LogP contribution in [0, 0.1) is 11.3 Å². The van der Waals surface area contributed by atoms with E-state index in [0.29, 0.717) is 67.4 Å². The molecular weight excluding hydrogens is 659 g/mol. The van der Waals surface area contributed by atoms with Gasteiger partial charge >= 0.3 is 6.18 Å². The molecule has 4 aromatic heterocycles. The summed E-state index contributed by atoms with van der Waals surface area (Å²) < 4.78 is 56.3. The number of carboxylic acid groups (broad SMARTS) is 1. The average molecular weight is 692 g/mol. The molecule has 1 unspecified atom stereocenters. The van der Waals surface area contributed by atoms with Crippen molar-refractivity contribution in [2.45, 2.75) is 37.6 Å². The zero-order valence-corrected chi connectivity index (χ0v) is 26.8. The number of nitriles is 1. The molecular formula is C34H32F3N7O6. The van der Waals surface area contributed by atoms with Gasteiger partial charge < -0.3 is 33.8 Å². The maximum atomic E-state index is 13.1. The lowest BCUT2D eigenvalue weighted by Crippen LogP contribution is -2.68. The number of nitrogens with zero attached hydrogens (tertiary/aromatic N) is 6. The largest absolute Gasteiger partial charge is 0.483 e. The Labute approximate surface area is 282 Å².